The van der Waals surface area contributed by atoms with Crippen LogP contribution in [0, 0.1) is 0 Å². The molecule has 0 saturated heterocycles. The molecule has 0 saturated carbocycles. The van der Waals surface area contributed by atoms with Gasteiger partial charge < -0.3 is 9.47 Å². The van der Waals surface area contributed by atoms with Gasteiger partial charge in [0.15, 0.2) is 5.16 Å². The SMILES string of the molecule is COc1ccc(OC)c(C2Sc3nc4ccccc4n3C2=O)c1. The molecular formula is C17H14N2O3S. The Morgan fingerprint density at radius 1 is 1.13 bits per heavy atom. The number of benzene rings is 2. The molecule has 0 radical (unpaired) electrons. The molecule has 116 valence electrons. The predicted octanol–water partition coefficient (Wildman–Crippen LogP) is 3.54. The van der Waals surface area contributed by atoms with Crippen LogP contribution >= 0.6 is 11.8 Å². The van der Waals surface area contributed by atoms with Crippen molar-refractivity contribution in [2.24, 2.45) is 0 Å². The van der Waals surface area contributed by atoms with Crippen molar-refractivity contribution in [2.45, 2.75) is 10.4 Å². The lowest BCUT2D eigenvalue weighted by Crippen LogP contribution is -2.12. The van der Waals surface area contributed by atoms with Crippen LogP contribution in [0.1, 0.15) is 15.6 Å². The van der Waals surface area contributed by atoms with Crippen LogP contribution in [0.25, 0.3) is 11.0 Å². The van der Waals surface area contributed by atoms with Crippen LogP contribution in [0.15, 0.2) is 47.6 Å². The molecule has 1 aliphatic heterocycles. The van der Waals surface area contributed by atoms with Gasteiger partial charge in [-0.2, -0.15) is 0 Å². The molecule has 1 atom stereocenters. The second kappa shape index (κ2) is 5.31. The van der Waals surface area contributed by atoms with Gasteiger partial charge in [0.05, 0.1) is 25.3 Å². The van der Waals surface area contributed by atoms with Crippen molar-refractivity contribution in [1.29, 1.82) is 0 Å². The fourth-order valence-electron chi connectivity index (χ4n) is 2.81. The van der Waals surface area contributed by atoms with E-state index in [-0.39, 0.29) is 11.2 Å². The van der Waals surface area contributed by atoms with E-state index in [1.54, 1.807) is 18.8 Å². The van der Waals surface area contributed by atoms with Gasteiger partial charge in [-0.25, -0.2) is 4.98 Å². The number of fused-ring (bicyclic) bond motifs is 3. The zero-order valence-electron chi connectivity index (χ0n) is 12.6. The van der Waals surface area contributed by atoms with E-state index in [2.05, 4.69) is 4.98 Å². The molecule has 5 nitrogen and oxygen atoms in total. The summed E-state index contributed by atoms with van der Waals surface area (Å²) < 4.78 is 12.4. The average Bonchev–Trinajstić information content (AvgIpc) is 3.11. The molecule has 1 unspecified atom stereocenters. The number of thioether (sulfide) groups is 1. The minimum Gasteiger partial charge on any atom is -0.497 e. The summed E-state index contributed by atoms with van der Waals surface area (Å²) in [6.07, 6.45) is 0. The number of aromatic nitrogens is 2. The first-order valence-corrected chi connectivity index (χ1v) is 8.01. The van der Waals surface area contributed by atoms with Gasteiger partial charge in [0.1, 0.15) is 16.7 Å². The topological polar surface area (TPSA) is 53.4 Å². The fraction of sp³-hybridized carbons (Fsp3) is 0.176. The number of para-hydroxylation sites is 2. The Kier molecular flexibility index (Phi) is 3.27. The van der Waals surface area contributed by atoms with E-state index in [0.29, 0.717) is 16.7 Å². The van der Waals surface area contributed by atoms with Gasteiger partial charge in [-0.05, 0) is 30.3 Å². The van der Waals surface area contributed by atoms with Crippen molar-refractivity contribution in [3.63, 3.8) is 0 Å². The molecule has 1 aliphatic rings. The van der Waals surface area contributed by atoms with Gasteiger partial charge in [0, 0.05) is 5.56 Å². The molecule has 3 aromatic rings. The van der Waals surface area contributed by atoms with Crippen molar-refractivity contribution in [2.75, 3.05) is 14.2 Å². The maximum absolute atomic E-state index is 12.9. The van der Waals surface area contributed by atoms with Crippen molar-refractivity contribution < 1.29 is 14.3 Å². The van der Waals surface area contributed by atoms with Crippen molar-refractivity contribution >= 4 is 28.7 Å². The fourth-order valence-corrected chi connectivity index (χ4v) is 3.98. The summed E-state index contributed by atoms with van der Waals surface area (Å²) >= 11 is 1.44. The van der Waals surface area contributed by atoms with Crippen LogP contribution in [0.5, 0.6) is 11.5 Å². The number of ether oxygens (including phenoxy) is 2. The zero-order valence-corrected chi connectivity index (χ0v) is 13.5. The van der Waals surface area contributed by atoms with Crippen molar-refractivity contribution in [1.82, 2.24) is 9.55 Å². The molecule has 2 heterocycles. The summed E-state index contributed by atoms with van der Waals surface area (Å²) in [5.41, 5.74) is 2.47. The number of imidazole rings is 1. The Morgan fingerprint density at radius 3 is 2.74 bits per heavy atom. The van der Waals surface area contributed by atoms with Gasteiger partial charge in [0.2, 0.25) is 0 Å². The van der Waals surface area contributed by atoms with Crippen LogP contribution in [-0.4, -0.2) is 29.7 Å². The monoisotopic (exact) mass is 326 g/mol. The Hall–Kier alpha value is -2.47. The molecule has 6 heteroatoms. The molecule has 2 aromatic carbocycles. The normalized spacial score (nSPS) is 16.6. The predicted molar refractivity (Wildman–Crippen MR) is 88.5 cm³/mol. The highest BCUT2D eigenvalue weighted by Crippen LogP contribution is 2.47. The summed E-state index contributed by atoms with van der Waals surface area (Å²) in [6, 6.07) is 13.1. The third kappa shape index (κ3) is 2.09. The minimum absolute atomic E-state index is 0.00902. The summed E-state index contributed by atoms with van der Waals surface area (Å²) in [7, 11) is 3.21. The van der Waals surface area contributed by atoms with Crippen LogP contribution in [-0.2, 0) is 0 Å². The second-order valence-electron chi connectivity index (χ2n) is 5.16. The second-order valence-corrected chi connectivity index (χ2v) is 6.23. The van der Waals surface area contributed by atoms with Gasteiger partial charge >= 0.3 is 0 Å². The average molecular weight is 326 g/mol. The molecule has 0 spiro atoms. The lowest BCUT2D eigenvalue weighted by atomic mass is 10.1. The summed E-state index contributed by atoms with van der Waals surface area (Å²) in [4.78, 5) is 17.5. The molecular weight excluding hydrogens is 312 g/mol. The Labute approximate surface area is 137 Å². The lowest BCUT2D eigenvalue weighted by molar-refractivity contribution is 0.0914. The molecule has 0 amide bonds. The van der Waals surface area contributed by atoms with Crippen LogP contribution < -0.4 is 9.47 Å². The van der Waals surface area contributed by atoms with Gasteiger partial charge in [-0.1, -0.05) is 23.9 Å². The van der Waals surface area contributed by atoms with E-state index < -0.39 is 0 Å². The molecule has 0 fully saturated rings. The molecule has 0 aliphatic carbocycles. The first kappa shape index (κ1) is 14.1. The number of methoxy groups -OCH3 is 2. The molecule has 0 bridgehead atoms. The third-order valence-corrected chi connectivity index (χ3v) is 5.09. The molecule has 0 N–H and O–H groups in total. The zero-order chi connectivity index (χ0) is 16.0. The Morgan fingerprint density at radius 2 is 1.96 bits per heavy atom. The third-order valence-electron chi connectivity index (χ3n) is 3.92. The quantitative estimate of drug-likeness (QED) is 0.737. The van der Waals surface area contributed by atoms with Crippen molar-refractivity contribution in [3.05, 3.63) is 48.0 Å². The number of hydrogen-bond acceptors (Lipinski definition) is 5. The minimum atomic E-state index is -0.382. The van der Waals surface area contributed by atoms with E-state index in [4.69, 9.17) is 9.47 Å². The highest BCUT2D eigenvalue weighted by atomic mass is 32.2. The van der Waals surface area contributed by atoms with Crippen molar-refractivity contribution in [3.8, 4) is 11.5 Å². The first-order chi connectivity index (χ1) is 11.2. The van der Waals surface area contributed by atoms with E-state index in [9.17, 15) is 4.79 Å². The van der Waals surface area contributed by atoms with E-state index in [1.165, 1.54) is 11.8 Å². The van der Waals surface area contributed by atoms with Gasteiger partial charge in [-0.3, -0.25) is 9.36 Å². The molecule has 23 heavy (non-hydrogen) atoms. The highest BCUT2D eigenvalue weighted by Gasteiger charge is 2.37. The number of carbonyl (C=O) groups is 1. The smallest absolute Gasteiger partial charge is 0.251 e. The Bertz CT molecular complexity index is 919. The standard InChI is InChI=1S/C17H14N2O3S/c1-21-10-7-8-14(22-2)11(9-10)15-16(20)19-13-6-4-3-5-12(13)18-17(19)23-15/h3-9,15H,1-2H3. The van der Waals surface area contributed by atoms with Crippen LogP contribution in [0.4, 0.5) is 0 Å². The maximum atomic E-state index is 12.9. The van der Waals surface area contributed by atoms with Gasteiger partial charge in [-0.15, -0.1) is 0 Å². The molecule has 4 rings (SSSR count). The number of nitrogens with zero attached hydrogens (tertiary/aromatic N) is 2. The largest absolute Gasteiger partial charge is 0.497 e. The number of hydrogen-bond donors (Lipinski definition) is 0. The van der Waals surface area contributed by atoms with E-state index in [1.807, 2.05) is 42.5 Å². The summed E-state index contributed by atoms with van der Waals surface area (Å²) in [5, 5.41) is 0.332. The number of rotatable bonds is 3. The Balaban J connectivity index is 1.82. The first-order valence-electron chi connectivity index (χ1n) is 7.13. The number of carbonyl (C=O) groups excluding carboxylic acids is 1. The maximum Gasteiger partial charge on any atom is 0.251 e. The summed E-state index contributed by atoms with van der Waals surface area (Å²) in [6.45, 7) is 0. The summed E-state index contributed by atoms with van der Waals surface area (Å²) in [5.74, 6) is 1.36. The van der Waals surface area contributed by atoms with E-state index in [0.717, 1.165) is 16.6 Å². The van der Waals surface area contributed by atoms with Gasteiger partial charge in [0.25, 0.3) is 5.91 Å². The highest BCUT2D eigenvalue weighted by molar-refractivity contribution is 8.00. The van der Waals surface area contributed by atoms with E-state index >= 15 is 0 Å². The lowest BCUT2D eigenvalue weighted by Gasteiger charge is -2.14. The molecule has 1 aromatic heterocycles. The van der Waals surface area contributed by atoms with Crippen LogP contribution in [0.3, 0.4) is 0 Å². The van der Waals surface area contributed by atoms with Crippen LogP contribution in [0.2, 0.25) is 0 Å².